The molecule has 1 fully saturated rings. The molecular weight excluding hydrogens is 335 g/mol. The maximum atomic E-state index is 13.0. The van der Waals surface area contributed by atoms with E-state index < -0.39 is 17.3 Å². The maximum Gasteiger partial charge on any atom is 0.417 e. The van der Waals surface area contributed by atoms with Crippen LogP contribution in [0.15, 0.2) is 18.2 Å². The third-order valence-corrected chi connectivity index (χ3v) is 4.18. The molecule has 0 aliphatic carbocycles. The van der Waals surface area contributed by atoms with Crippen molar-refractivity contribution in [2.75, 3.05) is 32.1 Å². The van der Waals surface area contributed by atoms with Crippen molar-refractivity contribution in [1.82, 2.24) is 4.90 Å². The SMILES string of the molecule is COCCC(=O)N1CCC(Nc2ccc(C#N)c(C(F)(F)F)c2)CC1. The number of halogens is 3. The molecule has 1 amide bonds. The molecule has 1 saturated heterocycles. The number of carbonyl (C=O) groups excluding carboxylic acids is 1. The zero-order valence-electron chi connectivity index (χ0n) is 13.9. The van der Waals surface area contributed by atoms with Gasteiger partial charge < -0.3 is 15.0 Å². The predicted molar refractivity (Wildman–Crippen MR) is 85.9 cm³/mol. The number of carbonyl (C=O) groups is 1. The van der Waals surface area contributed by atoms with E-state index in [2.05, 4.69) is 5.32 Å². The lowest BCUT2D eigenvalue weighted by Gasteiger charge is -2.33. The van der Waals surface area contributed by atoms with Gasteiger partial charge in [-0.15, -0.1) is 0 Å². The van der Waals surface area contributed by atoms with E-state index in [1.54, 1.807) is 11.0 Å². The number of methoxy groups -OCH3 is 1. The number of anilines is 1. The van der Waals surface area contributed by atoms with Gasteiger partial charge >= 0.3 is 6.18 Å². The average molecular weight is 355 g/mol. The van der Waals surface area contributed by atoms with Crippen molar-refractivity contribution in [1.29, 1.82) is 5.26 Å². The molecule has 0 bridgehead atoms. The van der Waals surface area contributed by atoms with Gasteiger partial charge in [0.2, 0.25) is 5.91 Å². The van der Waals surface area contributed by atoms with E-state index in [9.17, 15) is 18.0 Å². The lowest BCUT2D eigenvalue weighted by atomic mass is 10.0. The highest BCUT2D eigenvalue weighted by molar-refractivity contribution is 5.76. The second-order valence-corrected chi connectivity index (χ2v) is 5.91. The first-order valence-electron chi connectivity index (χ1n) is 7.99. The summed E-state index contributed by atoms with van der Waals surface area (Å²) in [5.41, 5.74) is -1.00. The molecule has 1 aromatic rings. The molecule has 2 rings (SSSR count). The van der Waals surface area contributed by atoms with Crippen LogP contribution in [0.1, 0.15) is 30.4 Å². The van der Waals surface area contributed by atoms with Crippen LogP contribution in [-0.2, 0) is 15.7 Å². The number of benzene rings is 1. The average Bonchev–Trinajstić information content (AvgIpc) is 2.59. The lowest BCUT2D eigenvalue weighted by molar-refractivity contribution is -0.137. The van der Waals surface area contributed by atoms with Crippen LogP contribution in [0.3, 0.4) is 0 Å². The highest BCUT2D eigenvalue weighted by Gasteiger charge is 2.34. The number of nitrogens with one attached hydrogen (secondary N) is 1. The van der Waals surface area contributed by atoms with Gasteiger partial charge in [-0.1, -0.05) is 0 Å². The van der Waals surface area contributed by atoms with Crippen molar-refractivity contribution in [3.63, 3.8) is 0 Å². The Bertz CT molecular complexity index is 648. The molecule has 1 aliphatic heterocycles. The monoisotopic (exact) mass is 355 g/mol. The van der Waals surface area contributed by atoms with E-state index in [-0.39, 0.29) is 11.9 Å². The van der Waals surface area contributed by atoms with E-state index in [4.69, 9.17) is 10.00 Å². The standard InChI is InChI=1S/C17H20F3N3O2/c1-25-9-6-16(24)23-7-4-13(5-8-23)22-14-3-2-12(11-21)15(10-14)17(18,19)20/h2-3,10,13,22H,4-9H2,1H3. The summed E-state index contributed by atoms with van der Waals surface area (Å²) in [5, 5.41) is 11.9. The lowest BCUT2D eigenvalue weighted by Crippen LogP contribution is -2.42. The van der Waals surface area contributed by atoms with Crippen LogP contribution in [0.25, 0.3) is 0 Å². The Hall–Kier alpha value is -2.27. The van der Waals surface area contributed by atoms with Crippen LogP contribution < -0.4 is 5.32 Å². The number of ether oxygens (including phenoxy) is 1. The van der Waals surface area contributed by atoms with Crippen LogP contribution >= 0.6 is 0 Å². The summed E-state index contributed by atoms with van der Waals surface area (Å²) in [6.07, 6.45) is -2.93. The van der Waals surface area contributed by atoms with E-state index in [1.165, 1.54) is 19.2 Å². The Morgan fingerprint density at radius 2 is 2.08 bits per heavy atom. The number of nitriles is 1. The van der Waals surface area contributed by atoms with Gasteiger partial charge in [0, 0.05) is 31.9 Å². The second kappa shape index (κ2) is 8.21. The Morgan fingerprint density at radius 3 is 2.64 bits per heavy atom. The molecule has 0 saturated carbocycles. The van der Waals surface area contributed by atoms with Gasteiger partial charge in [-0.3, -0.25) is 4.79 Å². The first-order valence-corrected chi connectivity index (χ1v) is 7.99. The van der Waals surface area contributed by atoms with Gasteiger partial charge in [0.25, 0.3) is 0 Å². The van der Waals surface area contributed by atoms with Crippen molar-refractivity contribution >= 4 is 11.6 Å². The zero-order valence-corrected chi connectivity index (χ0v) is 13.9. The molecule has 0 unspecified atom stereocenters. The van der Waals surface area contributed by atoms with Crippen LogP contribution in [0.5, 0.6) is 0 Å². The van der Waals surface area contributed by atoms with Gasteiger partial charge in [0.1, 0.15) is 0 Å². The first-order chi connectivity index (χ1) is 11.8. The summed E-state index contributed by atoms with van der Waals surface area (Å²) < 4.78 is 43.9. The maximum absolute atomic E-state index is 13.0. The Balaban J connectivity index is 1.96. The molecule has 0 spiro atoms. The zero-order chi connectivity index (χ0) is 18.4. The normalized spacial score (nSPS) is 15.7. The Kier molecular flexibility index (Phi) is 6.26. The minimum atomic E-state index is -4.57. The fourth-order valence-electron chi connectivity index (χ4n) is 2.82. The molecule has 136 valence electrons. The number of amides is 1. The minimum absolute atomic E-state index is 0.0134. The summed E-state index contributed by atoms with van der Waals surface area (Å²) in [7, 11) is 1.54. The number of piperidine rings is 1. The summed E-state index contributed by atoms with van der Waals surface area (Å²) in [6, 6.07) is 5.17. The number of likely N-dealkylation sites (tertiary alicyclic amines) is 1. The Labute approximate surface area is 144 Å². The van der Waals surface area contributed by atoms with Crippen LogP contribution in [0, 0.1) is 11.3 Å². The van der Waals surface area contributed by atoms with Crippen LogP contribution in [0.4, 0.5) is 18.9 Å². The third kappa shape index (κ3) is 5.10. The van der Waals surface area contributed by atoms with Gasteiger partial charge in [0.05, 0.1) is 30.2 Å². The molecule has 1 heterocycles. The summed E-state index contributed by atoms with van der Waals surface area (Å²) in [4.78, 5) is 13.7. The quantitative estimate of drug-likeness (QED) is 0.882. The second-order valence-electron chi connectivity index (χ2n) is 5.91. The summed E-state index contributed by atoms with van der Waals surface area (Å²) in [5.74, 6) is 0.0260. The number of rotatable bonds is 5. The molecule has 0 atom stereocenters. The Morgan fingerprint density at radius 1 is 1.40 bits per heavy atom. The van der Waals surface area contributed by atoms with E-state index in [0.29, 0.717) is 44.6 Å². The smallest absolute Gasteiger partial charge is 0.384 e. The van der Waals surface area contributed by atoms with Crippen LogP contribution in [-0.4, -0.2) is 43.7 Å². The highest BCUT2D eigenvalue weighted by atomic mass is 19.4. The number of hydrogen-bond acceptors (Lipinski definition) is 4. The molecular formula is C17H20F3N3O2. The van der Waals surface area contributed by atoms with E-state index in [0.717, 1.165) is 6.07 Å². The van der Waals surface area contributed by atoms with Crippen molar-refractivity contribution in [2.45, 2.75) is 31.5 Å². The highest BCUT2D eigenvalue weighted by Crippen LogP contribution is 2.34. The minimum Gasteiger partial charge on any atom is -0.384 e. The van der Waals surface area contributed by atoms with E-state index >= 15 is 0 Å². The molecule has 5 nitrogen and oxygen atoms in total. The van der Waals surface area contributed by atoms with Crippen molar-refractivity contribution in [3.05, 3.63) is 29.3 Å². The summed E-state index contributed by atoms with van der Waals surface area (Å²) >= 11 is 0. The first kappa shape index (κ1) is 19.1. The van der Waals surface area contributed by atoms with Gasteiger partial charge in [0.15, 0.2) is 0 Å². The molecule has 1 N–H and O–H groups in total. The number of hydrogen-bond donors (Lipinski definition) is 1. The largest absolute Gasteiger partial charge is 0.417 e. The van der Waals surface area contributed by atoms with Gasteiger partial charge in [-0.25, -0.2) is 0 Å². The van der Waals surface area contributed by atoms with Gasteiger partial charge in [-0.2, -0.15) is 18.4 Å². The van der Waals surface area contributed by atoms with E-state index in [1.807, 2.05) is 0 Å². The van der Waals surface area contributed by atoms with Crippen molar-refractivity contribution in [2.24, 2.45) is 0 Å². The van der Waals surface area contributed by atoms with Gasteiger partial charge in [-0.05, 0) is 31.0 Å². The van der Waals surface area contributed by atoms with Crippen molar-refractivity contribution in [3.8, 4) is 6.07 Å². The molecule has 25 heavy (non-hydrogen) atoms. The number of alkyl halides is 3. The fraction of sp³-hybridized carbons (Fsp3) is 0.529. The third-order valence-electron chi connectivity index (χ3n) is 4.18. The van der Waals surface area contributed by atoms with Crippen molar-refractivity contribution < 1.29 is 22.7 Å². The molecule has 1 aliphatic rings. The van der Waals surface area contributed by atoms with Crippen LogP contribution in [0.2, 0.25) is 0 Å². The molecule has 1 aromatic carbocycles. The molecule has 8 heteroatoms. The molecule has 0 radical (unpaired) electrons. The predicted octanol–water partition coefficient (Wildman–Crippen LogP) is 3.02. The topological polar surface area (TPSA) is 65.4 Å². The summed E-state index contributed by atoms with van der Waals surface area (Å²) in [6.45, 7) is 1.49. The molecule has 0 aromatic heterocycles. The number of nitrogens with zero attached hydrogens (tertiary/aromatic N) is 2. The fourth-order valence-corrected chi connectivity index (χ4v) is 2.82.